The van der Waals surface area contributed by atoms with E-state index in [1.54, 1.807) is 0 Å². The molecule has 0 fully saturated rings. The molecule has 0 radical (unpaired) electrons. The molecule has 1 aromatic heterocycles. The summed E-state index contributed by atoms with van der Waals surface area (Å²) < 4.78 is 25.8. The summed E-state index contributed by atoms with van der Waals surface area (Å²) in [5.41, 5.74) is 5.61. The quantitative estimate of drug-likeness (QED) is 0.801. The Balaban J connectivity index is 2.19. The molecule has 2 aromatic rings. The van der Waals surface area contributed by atoms with Crippen LogP contribution in [0.2, 0.25) is 0 Å². The number of nitrogens with one attached hydrogen (secondary N) is 1. The number of nitrogen functional groups attached to an aromatic ring is 1. The van der Waals surface area contributed by atoms with Gasteiger partial charge in [0, 0.05) is 11.6 Å². The van der Waals surface area contributed by atoms with Gasteiger partial charge in [-0.1, -0.05) is 0 Å². The molecule has 0 unspecified atom stereocenters. The van der Waals surface area contributed by atoms with Crippen molar-refractivity contribution in [3.05, 3.63) is 53.9 Å². The molecule has 0 bridgehead atoms. The van der Waals surface area contributed by atoms with Crippen LogP contribution in [0.5, 0.6) is 0 Å². The molecule has 0 saturated carbocycles. The Hall–Kier alpha value is -2.50. The SMILES string of the molecule is Nc1cc(C(=O)Nc2cncc(F)c2)ccc1F. The zero-order valence-corrected chi connectivity index (χ0v) is 9.15. The number of hydrogen-bond acceptors (Lipinski definition) is 3. The Kier molecular flexibility index (Phi) is 3.18. The average molecular weight is 249 g/mol. The lowest BCUT2D eigenvalue weighted by Gasteiger charge is -2.05. The Morgan fingerprint density at radius 1 is 1.22 bits per heavy atom. The molecular weight excluding hydrogens is 240 g/mol. The highest BCUT2D eigenvalue weighted by Crippen LogP contribution is 2.14. The number of amides is 1. The standard InChI is InChI=1S/C12H9F2N3O/c13-8-4-9(6-16-5-8)17-12(18)7-1-2-10(14)11(15)3-7/h1-6H,15H2,(H,17,18). The molecule has 0 spiro atoms. The number of benzene rings is 1. The molecule has 0 aliphatic heterocycles. The van der Waals surface area contributed by atoms with Gasteiger partial charge in [-0.05, 0) is 18.2 Å². The maximum atomic E-state index is 12.9. The van der Waals surface area contributed by atoms with Crippen molar-refractivity contribution in [1.29, 1.82) is 0 Å². The van der Waals surface area contributed by atoms with Crippen LogP contribution in [0.3, 0.4) is 0 Å². The van der Waals surface area contributed by atoms with Crippen molar-refractivity contribution in [3.63, 3.8) is 0 Å². The van der Waals surface area contributed by atoms with E-state index < -0.39 is 17.5 Å². The van der Waals surface area contributed by atoms with Crippen molar-refractivity contribution >= 4 is 17.3 Å². The van der Waals surface area contributed by atoms with Gasteiger partial charge in [0.15, 0.2) is 0 Å². The molecule has 92 valence electrons. The highest BCUT2D eigenvalue weighted by Gasteiger charge is 2.09. The smallest absolute Gasteiger partial charge is 0.255 e. The Morgan fingerprint density at radius 2 is 2.00 bits per heavy atom. The molecular formula is C12H9F2N3O. The van der Waals surface area contributed by atoms with Gasteiger partial charge in [-0.2, -0.15) is 0 Å². The van der Waals surface area contributed by atoms with Crippen LogP contribution in [0, 0.1) is 11.6 Å². The number of anilines is 2. The molecule has 0 atom stereocenters. The van der Waals surface area contributed by atoms with Crippen molar-refractivity contribution in [3.8, 4) is 0 Å². The number of rotatable bonds is 2. The number of aromatic nitrogens is 1. The summed E-state index contributed by atoms with van der Waals surface area (Å²) in [5, 5.41) is 2.43. The van der Waals surface area contributed by atoms with Crippen LogP contribution in [0.25, 0.3) is 0 Å². The minimum atomic E-state index is -0.598. The molecule has 1 amide bonds. The van der Waals surface area contributed by atoms with Crippen LogP contribution >= 0.6 is 0 Å². The van der Waals surface area contributed by atoms with Crippen LogP contribution in [0.4, 0.5) is 20.2 Å². The van der Waals surface area contributed by atoms with E-state index in [1.165, 1.54) is 18.3 Å². The van der Waals surface area contributed by atoms with Crippen LogP contribution in [0.1, 0.15) is 10.4 Å². The molecule has 2 rings (SSSR count). The number of nitrogens with zero attached hydrogens (tertiary/aromatic N) is 1. The van der Waals surface area contributed by atoms with Crippen LogP contribution in [0.15, 0.2) is 36.7 Å². The lowest BCUT2D eigenvalue weighted by atomic mass is 10.2. The maximum absolute atomic E-state index is 12.9. The minimum Gasteiger partial charge on any atom is -0.396 e. The zero-order chi connectivity index (χ0) is 13.1. The van der Waals surface area contributed by atoms with Crippen molar-refractivity contribution in [2.45, 2.75) is 0 Å². The molecule has 1 aromatic carbocycles. The summed E-state index contributed by atoms with van der Waals surface area (Å²) in [7, 11) is 0. The topological polar surface area (TPSA) is 68.0 Å². The summed E-state index contributed by atoms with van der Waals surface area (Å²) in [4.78, 5) is 15.3. The Labute approximate surface area is 101 Å². The fourth-order valence-corrected chi connectivity index (χ4v) is 1.37. The third kappa shape index (κ3) is 2.60. The first-order valence-electron chi connectivity index (χ1n) is 5.03. The molecule has 0 aliphatic rings. The normalized spacial score (nSPS) is 10.1. The summed E-state index contributed by atoms with van der Waals surface area (Å²) in [6.07, 6.45) is 2.32. The van der Waals surface area contributed by atoms with E-state index in [0.717, 1.165) is 18.3 Å². The fourth-order valence-electron chi connectivity index (χ4n) is 1.37. The monoisotopic (exact) mass is 249 g/mol. The van der Waals surface area contributed by atoms with Crippen molar-refractivity contribution in [1.82, 2.24) is 4.98 Å². The lowest BCUT2D eigenvalue weighted by Crippen LogP contribution is -2.12. The van der Waals surface area contributed by atoms with Crippen molar-refractivity contribution < 1.29 is 13.6 Å². The number of pyridine rings is 1. The van der Waals surface area contributed by atoms with Gasteiger partial charge in [0.1, 0.15) is 11.6 Å². The maximum Gasteiger partial charge on any atom is 0.255 e. The fraction of sp³-hybridized carbons (Fsp3) is 0. The summed E-state index contributed by atoms with van der Waals surface area (Å²) >= 11 is 0. The van der Waals surface area contributed by atoms with E-state index in [4.69, 9.17) is 5.73 Å². The van der Waals surface area contributed by atoms with Gasteiger partial charge in [-0.25, -0.2) is 8.78 Å². The van der Waals surface area contributed by atoms with Gasteiger partial charge in [-0.15, -0.1) is 0 Å². The average Bonchev–Trinajstić information content (AvgIpc) is 2.32. The van der Waals surface area contributed by atoms with E-state index >= 15 is 0 Å². The minimum absolute atomic E-state index is 0.125. The predicted molar refractivity (Wildman–Crippen MR) is 63.0 cm³/mol. The van der Waals surface area contributed by atoms with E-state index in [9.17, 15) is 13.6 Å². The van der Waals surface area contributed by atoms with Gasteiger partial charge < -0.3 is 11.1 Å². The second-order valence-corrected chi connectivity index (χ2v) is 3.58. The number of carbonyl (C=O) groups excluding carboxylic acids is 1. The lowest BCUT2D eigenvalue weighted by molar-refractivity contribution is 0.102. The van der Waals surface area contributed by atoms with Crippen molar-refractivity contribution in [2.24, 2.45) is 0 Å². The molecule has 18 heavy (non-hydrogen) atoms. The predicted octanol–water partition coefficient (Wildman–Crippen LogP) is 2.19. The Morgan fingerprint density at radius 3 is 2.67 bits per heavy atom. The first kappa shape index (κ1) is 12.0. The van der Waals surface area contributed by atoms with Gasteiger partial charge in [0.05, 0.1) is 23.8 Å². The van der Waals surface area contributed by atoms with Gasteiger partial charge in [0.25, 0.3) is 5.91 Å². The second-order valence-electron chi connectivity index (χ2n) is 3.58. The van der Waals surface area contributed by atoms with Crippen molar-refractivity contribution in [2.75, 3.05) is 11.1 Å². The number of halogens is 2. The molecule has 1 heterocycles. The van der Waals surface area contributed by atoms with Gasteiger partial charge in [-0.3, -0.25) is 9.78 Å². The number of carbonyl (C=O) groups is 1. The van der Waals surface area contributed by atoms with E-state index in [2.05, 4.69) is 10.3 Å². The first-order valence-corrected chi connectivity index (χ1v) is 5.03. The summed E-state index contributed by atoms with van der Waals surface area (Å²) in [6.45, 7) is 0. The summed E-state index contributed by atoms with van der Waals surface area (Å²) in [5.74, 6) is -1.68. The molecule has 6 heteroatoms. The first-order chi connectivity index (χ1) is 8.56. The zero-order valence-electron chi connectivity index (χ0n) is 9.15. The van der Waals surface area contributed by atoms with E-state index in [0.29, 0.717) is 0 Å². The van der Waals surface area contributed by atoms with E-state index in [1.807, 2.05) is 0 Å². The molecule has 4 nitrogen and oxygen atoms in total. The van der Waals surface area contributed by atoms with E-state index in [-0.39, 0.29) is 16.9 Å². The van der Waals surface area contributed by atoms with Gasteiger partial charge in [0.2, 0.25) is 0 Å². The number of nitrogens with two attached hydrogens (primary N) is 1. The third-order valence-electron chi connectivity index (χ3n) is 2.22. The molecule has 0 saturated heterocycles. The molecule has 0 aliphatic carbocycles. The third-order valence-corrected chi connectivity index (χ3v) is 2.22. The van der Waals surface area contributed by atoms with Crippen LogP contribution < -0.4 is 11.1 Å². The highest BCUT2D eigenvalue weighted by molar-refractivity contribution is 6.04. The van der Waals surface area contributed by atoms with Crippen LogP contribution in [-0.2, 0) is 0 Å². The largest absolute Gasteiger partial charge is 0.396 e. The highest BCUT2D eigenvalue weighted by atomic mass is 19.1. The summed E-state index contributed by atoms with van der Waals surface area (Å²) in [6, 6.07) is 4.71. The second kappa shape index (κ2) is 4.79. The molecule has 3 N–H and O–H groups in total. The number of hydrogen-bond donors (Lipinski definition) is 2. The van der Waals surface area contributed by atoms with Crippen LogP contribution in [-0.4, -0.2) is 10.9 Å². The Bertz CT molecular complexity index is 602. The van der Waals surface area contributed by atoms with Gasteiger partial charge >= 0.3 is 0 Å².